The maximum atomic E-state index is 5.40. The number of aromatic nitrogens is 1. The number of ether oxygens (including phenoxy) is 1. The van der Waals surface area contributed by atoms with Gasteiger partial charge in [-0.3, -0.25) is 0 Å². The van der Waals surface area contributed by atoms with Crippen LogP contribution in [0.4, 0.5) is 5.82 Å². The second-order valence-electron chi connectivity index (χ2n) is 5.44. The fourth-order valence-corrected chi connectivity index (χ4v) is 3.31. The molecule has 1 aromatic heterocycles. The molecule has 5 heteroatoms. The van der Waals surface area contributed by atoms with Gasteiger partial charge in [0, 0.05) is 10.0 Å². The molecule has 1 heterocycles. The first-order chi connectivity index (χ1) is 9.30. The lowest BCUT2D eigenvalue weighted by molar-refractivity contribution is 0.150. The van der Waals surface area contributed by atoms with Gasteiger partial charge in [-0.05, 0) is 64.6 Å². The molecular weight excluding hydrogens is 384 g/mol. The molecule has 0 aromatic carbocycles. The standard InChI is InChI=1S/C15H20Br2N2O/c1-6-8-20-9-11-12(16)10(7-2)13(17)14(18-11)19-15(3,4)5/h1H,7-9H2,2-5H3,(H,18,19). The molecule has 0 unspecified atom stereocenters. The van der Waals surface area contributed by atoms with Crippen LogP contribution in [0, 0.1) is 12.3 Å². The monoisotopic (exact) mass is 402 g/mol. The highest BCUT2D eigenvalue weighted by molar-refractivity contribution is 9.11. The molecule has 0 aliphatic heterocycles. The highest BCUT2D eigenvalue weighted by atomic mass is 79.9. The smallest absolute Gasteiger partial charge is 0.141 e. The summed E-state index contributed by atoms with van der Waals surface area (Å²) in [6, 6.07) is 0. The number of nitrogens with one attached hydrogen (secondary N) is 1. The normalized spacial score (nSPS) is 11.2. The average Bonchev–Trinajstić information content (AvgIpc) is 2.34. The Kier molecular flexibility index (Phi) is 6.50. The molecule has 20 heavy (non-hydrogen) atoms. The quantitative estimate of drug-likeness (QED) is 0.579. The molecule has 0 aliphatic rings. The summed E-state index contributed by atoms with van der Waals surface area (Å²) in [5, 5.41) is 3.41. The minimum absolute atomic E-state index is 0.0642. The van der Waals surface area contributed by atoms with Gasteiger partial charge in [-0.25, -0.2) is 4.98 Å². The lowest BCUT2D eigenvalue weighted by atomic mass is 10.1. The van der Waals surface area contributed by atoms with E-state index in [1.807, 2.05) is 0 Å². The number of halogens is 2. The van der Waals surface area contributed by atoms with Gasteiger partial charge < -0.3 is 10.1 Å². The van der Waals surface area contributed by atoms with E-state index in [0.29, 0.717) is 6.61 Å². The predicted octanol–water partition coefficient (Wildman–Crippen LogP) is 4.53. The van der Waals surface area contributed by atoms with Gasteiger partial charge >= 0.3 is 0 Å². The zero-order valence-electron chi connectivity index (χ0n) is 12.3. The zero-order valence-corrected chi connectivity index (χ0v) is 15.5. The third-order valence-corrected chi connectivity index (χ3v) is 4.30. The molecule has 0 bridgehead atoms. The van der Waals surface area contributed by atoms with E-state index in [0.717, 1.165) is 26.9 Å². The molecule has 0 fully saturated rings. The van der Waals surface area contributed by atoms with Gasteiger partial charge in [0.05, 0.1) is 16.8 Å². The van der Waals surface area contributed by atoms with Gasteiger partial charge in [-0.2, -0.15) is 0 Å². The van der Waals surface area contributed by atoms with Gasteiger partial charge in [0.2, 0.25) is 0 Å². The van der Waals surface area contributed by atoms with Crippen LogP contribution in [0.1, 0.15) is 39.0 Å². The number of anilines is 1. The molecule has 0 amide bonds. The van der Waals surface area contributed by atoms with Crippen molar-refractivity contribution in [2.75, 3.05) is 11.9 Å². The number of hydrogen-bond donors (Lipinski definition) is 1. The number of nitrogens with zero attached hydrogens (tertiary/aromatic N) is 1. The first kappa shape index (κ1) is 17.5. The number of pyridine rings is 1. The van der Waals surface area contributed by atoms with E-state index < -0.39 is 0 Å². The Morgan fingerprint density at radius 2 is 1.95 bits per heavy atom. The molecule has 0 atom stereocenters. The molecule has 3 nitrogen and oxygen atoms in total. The van der Waals surface area contributed by atoms with Gasteiger partial charge in [0.15, 0.2) is 0 Å². The van der Waals surface area contributed by atoms with Crippen LogP contribution in [-0.2, 0) is 17.8 Å². The van der Waals surface area contributed by atoms with Crippen molar-refractivity contribution in [3.8, 4) is 12.3 Å². The Balaban J connectivity index is 3.18. The summed E-state index contributed by atoms with van der Waals surface area (Å²) in [6.07, 6.45) is 6.09. The minimum atomic E-state index is -0.0642. The second-order valence-corrected chi connectivity index (χ2v) is 7.03. The molecule has 1 aromatic rings. The Bertz CT molecular complexity index is 516. The van der Waals surface area contributed by atoms with Gasteiger partial charge in [0.1, 0.15) is 12.4 Å². The first-order valence-corrected chi connectivity index (χ1v) is 8.04. The maximum Gasteiger partial charge on any atom is 0.141 e. The van der Waals surface area contributed by atoms with Crippen molar-refractivity contribution in [1.29, 1.82) is 0 Å². The summed E-state index contributed by atoms with van der Waals surface area (Å²) in [4.78, 5) is 4.64. The van der Waals surface area contributed by atoms with Crippen molar-refractivity contribution in [2.24, 2.45) is 0 Å². The molecular formula is C15H20Br2N2O. The Labute approximate surface area is 138 Å². The predicted molar refractivity (Wildman–Crippen MR) is 90.9 cm³/mol. The van der Waals surface area contributed by atoms with Crippen LogP contribution in [0.15, 0.2) is 8.95 Å². The van der Waals surface area contributed by atoms with Gasteiger partial charge in [0.25, 0.3) is 0 Å². The molecule has 110 valence electrons. The van der Waals surface area contributed by atoms with Crippen LogP contribution in [0.3, 0.4) is 0 Å². The topological polar surface area (TPSA) is 34.1 Å². The largest absolute Gasteiger partial charge is 0.365 e. The highest BCUT2D eigenvalue weighted by Gasteiger charge is 2.19. The van der Waals surface area contributed by atoms with Crippen LogP contribution in [0.2, 0.25) is 0 Å². The third-order valence-electron chi connectivity index (χ3n) is 2.51. The van der Waals surface area contributed by atoms with Crippen molar-refractivity contribution >= 4 is 37.7 Å². The summed E-state index contributed by atoms with van der Waals surface area (Å²) in [7, 11) is 0. The first-order valence-electron chi connectivity index (χ1n) is 6.46. The highest BCUT2D eigenvalue weighted by Crippen LogP contribution is 2.34. The maximum absolute atomic E-state index is 5.40. The molecule has 0 aliphatic carbocycles. The van der Waals surface area contributed by atoms with E-state index in [4.69, 9.17) is 11.2 Å². The van der Waals surface area contributed by atoms with Crippen LogP contribution < -0.4 is 5.32 Å². The number of hydrogen-bond acceptors (Lipinski definition) is 3. The van der Waals surface area contributed by atoms with Crippen molar-refractivity contribution in [1.82, 2.24) is 4.98 Å². The SMILES string of the molecule is C#CCOCc1nc(NC(C)(C)C)c(Br)c(CC)c1Br. The lowest BCUT2D eigenvalue weighted by Crippen LogP contribution is -2.27. The lowest BCUT2D eigenvalue weighted by Gasteiger charge is -2.24. The second kappa shape index (κ2) is 7.44. The van der Waals surface area contributed by atoms with E-state index in [-0.39, 0.29) is 12.1 Å². The Hall–Kier alpha value is -0.570. The van der Waals surface area contributed by atoms with E-state index >= 15 is 0 Å². The molecule has 1 N–H and O–H groups in total. The summed E-state index contributed by atoms with van der Waals surface area (Å²) in [5.41, 5.74) is 1.96. The Morgan fingerprint density at radius 3 is 2.45 bits per heavy atom. The van der Waals surface area contributed by atoms with Crippen LogP contribution in [0.5, 0.6) is 0 Å². The minimum Gasteiger partial charge on any atom is -0.365 e. The molecule has 0 spiro atoms. The number of terminal acetylenes is 1. The Morgan fingerprint density at radius 1 is 1.30 bits per heavy atom. The molecule has 1 rings (SSSR count). The van der Waals surface area contributed by atoms with Crippen molar-refractivity contribution in [2.45, 2.75) is 46.3 Å². The van der Waals surface area contributed by atoms with Crippen molar-refractivity contribution < 1.29 is 4.74 Å². The van der Waals surface area contributed by atoms with E-state index in [1.54, 1.807) is 0 Å². The molecule has 0 radical (unpaired) electrons. The molecule has 0 saturated carbocycles. The summed E-state index contributed by atoms with van der Waals surface area (Å²) < 4.78 is 7.37. The van der Waals surface area contributed by atoms with Crippen molar-refractivity contribution in [3.05, 3.63) is 20.2 Å². The summed E-state index contributed by atoms with van der Waals surface area (Å²) in [5.74, 6) is 3.29. The van der Waals surface area contributed by atoms with Crippen LogP contribution >= 0.6 is 31.9 Å². The zero-order chi connectivity index (χ0) is 15.3. The van der Waals surface area contributed by atoms with Gasteiger partial charge in [-0.1, -0.05) is 12.8 Å². The average molecular weight is 404 g/mol. The van der Waals surface area contributed by atoms with E-state index in [1.165, 1.54) is 5.56 Å². The van der Waals surface area contributed by atoms with Gasteiger partial charge in [-0.15, -0.1) is 6.42 Å². The summed E-state index contributed by atoms with van der Waals surface area (Å²) in [6.45, 7) is 9.09. The summed E-state index contributed by atoms with van der Waals surface area (Å²) >= 11 is 7.24. The van der Waals surface area contributed by atoms with Crippen molar-refractivity contribution in [3.63, 3.8) is 0 Å². The fourth-order valence-electron chi connectivity index (χ4n) is 1.70. The molecule has 0 saturated heterocycles. The fraction of sp³-hybridized carbons (Fsp3) is 0.533. The van der Waals surface area contributed by atoms with E-state index in [9.17, 15) is 0 Å². The third kappa shape index (κ3) is 4.76. The van der Waals surface area contributed by atoms with Crippen LogP contribution in [-0.4, -0.2) is 17.1 Å². The van der Waals surface area contributed by atoms with Crippen LogP contribution in [0.25, 0.3) is 0 Å². The van der Waals surface area contributed by atoms with E-state index in [2.05, 4.69) is 75.8 Å². The number of rotatable bonds is 5.